The SMILES string of the molecule is Cc1c(OCc2ccc(C#N)cc2)ccc2c(CCC3CCN(C(=O)O)CC3)noc12. The Morgan fingerprint density at radius 3 is 2.68 bits per heavy atom. The Hall–Kier alpha value is -3.53. The van der Waals surface area contributed by atoms with Crippen molar-refractivity contribution in [3.8, 4) is 11.8 Å². The minimum absolute atomic E-state index is 0.411. The van der Waals surface area contributed by atoms with Gasteiger partial charge in [-0.3, -0.25) is 0 Å². The lowest BCUT2D eigenvalue weighted by atomic mass is 9.91. The van der Waals surface area contributed by atoms with Crippen LogP contribution in [-0.4, -0.2) is 34.3 Å². The molecule has 0 bridgehead atoms. The highest BCUT2D eigenvalue weighted by Crippen LogP contribution is 2.31. The minimum Gasteiger partial charge on any atom is -0.488 e. The van der Waals surface area contributed by atoms with Crippen LogP contribution in [0.4, 0.5) is 4.79 Å². The average molecular weight is 419 g/mol. The van der Waals surface area contributed by atoms with Crippen molar-refractivity contribution in [3.63, 3.8) is 0 Å². The quantitative estimate of drug-likeness (QED) is 0.609. The van der Waals surface area contributed by atoms with Gasteiger partial charge in [-0.05, 0) is 68.4 Å². The van der Waals surface area contributed by atoms with Gasteiger partial charge in [-0.25, -0.2) is 4.79 Å². The molecule has 0 radical (unpaired) electrons. The Balaban J connectivity index is 1.38. The summed E-state index contributed by atoms with van der Waals surface area (Å²) in [5.74, 6) is 1.26. The molecule has 1 aliphatic heterocycles. The lowest BCUT2D eigenvalue weighted by molar-refractivity contribution is 0.123. The van der Waals surface area contributed by atoms with E-state index in [0.717, 1.165) is 59.2 Å². The van der Waals surface area contributed by atoms with Gasteiger partial charge in [0.05, 0.1) is 17.3 Å². The summed E-state index contributed by atoms with van der Waals surface area (Å²) in [5.41, 5.74) is 4.22. The van der Waals surface area contributed by atoms with E-state index in [1.807, 2.05) is 31.2 Å². The topological polar surface area (TPSA) is 99.6 Å². The molecule has 1 N–H and O–H groups in total. The zero-order valence-electron chi connectivity index (χ0n) is 17.5. The first-order valence-electron chi connectivity index (χ1n) is 10.5. The molecule has 1 aromatic heterocycles. The predicted octanol–water partition coefficient (Wildman–Crippen LogP) is 4.91. The third-order valence-corrected chi connectivity index (χ3v) is 6.07. The first-order valence-corrected chi connectivity index (χ1v) is 10.5. The molecule has 0 unspecified atom stereocenters. The number of aromatic nitrogens is 1. The van der Waals surface area contributed by atoms with Crippen molar-refractivity contribution in [1.82, 2.24) is 10.1 Å². The van der Waals surface area contributed by atoms with Gasteiger partial charge >= 0.3 is 6.09 Å². The summed E-state index contributed by atoms with van der Waals surface area (Å²) in [6.45, 7) is 3.60. The van der Waals surface area contributed by atoms with E-state index in [2.05, 4.69) is 11.2 Å². The zero-order valence-corrected chi connectivity index (χ0v) is 17.5. The van der Waals surface area contributed by atoms with Gasteiger partial charge in [-0.15, -0.1) is 0 Å². The first kappa shape index (κ1) is 20.7. The molecule has 3 aromatic rings. The van der Waals surface area contributed by atoms with Gasteiger partial charge in [0.1, 0.15) is 12.4 Å². The summed E-state index contributed by atoms with van der Waals surface area (Å²) in [7, 11) is 0. The van der Waals surface area contributed by atoms with E-state index < -0.39 is 6.09 Å². The number of aryl methyl sites for hydroxylation is 2. The smallest absolute Gasteiger partial charge is 0.407 e. The molecule has 1 fully saturated rings. The number of carbonyl (C=O) groups is 1. The number of ether oxygens (including phenoxy) is 1. The van der Waals surface area contributed by atoms with Crippen LogP contribution in [0.25, 0.3) is 11.0 Å². The number of piperidine rings is 1. The summed E-state index contributed by atoms with van der Waals surface area (Å²) in [5, 5.41) is 23.3. The van der Waals surface area contributed by atoms with Crippen molar-refractivity contribution in [2.24, 2.45) is 5.92 Å². The largest absolute Gasteiger partial charge is 0.488 e. The molecular formula is C24H25N3O4. The number of rotatable bonds is 6. The van der Waals surface area contributed by atoms with Crippen LogP contribution in [0.15, 0.2) is 40.9 Å². The molecule has 1 amide bonds. The van der Waals surface area contributed by atoms with Crippen LogP contribution in [0.1, 0.15) is 41.6 Å². The molecule has 7 heteroatoms. The molecule has 1 saturated heterocycles. The van der Waals surface area contributed by atoms with Gasteiger partial charge < -0.3 is 19.3 Å². The second kappa shape index (κ2) is 9.09. The second-order valence-electron chi connectivity index (χ2n) is 8.04. The van der Waals surface area contributed by atoms with Crippen LogP contribution in [0.5, 0.6) is 5.75 Å². The van der Waals surface area contributed by atoms with Crippen LogP contribution in [-0.2, 0) is 13.0 Å². The van der Waals surface area contributed by atoms with E-state index in [-0.39, 0.29) is 0 Å². The van der Waals surface area contributed by atoms with Crippen molar-refractivity contribution in [1.29, 1.82) is 5.26 Å². The van der Waals surface area contributed by atoms with Crippen LogP contribution >= 0.6 is 0 Å². The molecule has 0 atom stereocenters. The number of carboxylic acid groups (broad SMARTS) is 1. The summed E-state index contributed by atoms with van der Waals surface area (Å²) in [6.07, 6.45) is 2.76. The molecule has 0 spiro atoms. The molecule has 2 aromatic carbocycles. The van der Waals surface area contributed by atoms with Crippen LogP contribution in [0, 0.1) is 24.2 Å². The molecule has 7 nitrogen and oxygen atoms in total. The highest BCUT2D eigenvalue weighted by atomic mass is 16.5. The Labute approximate surface area is 180 Å². The van der Waals surface area contributed by atoms with Gasteiger partial charge in [-0.1, -0.05) is 17.3 Å². The summed E-state index contributed by atoms with van der Waals surface area (Å²) >= 11 is 0. The van der Waals surface area contributed by atoms with E-state index in [0.29, 0.717) is 31.2 Å². The Morgan fingerprint density at radius 2 is 2.00 bits per heavy atom. The fraction of sp³-hybridized carbons (Fsp3) is 0.375. The summed E-state index contributed by atoms with van der Waals surface area (Å²) in [4.78, 5) is 12.5. The molecule has 1 aliphatic rings. The van der Waals surface area contributed by atoms with Crippen LogP contribution < -0.4 is 4.74 Å². The zero-order chi connectivity index (χ0) is 21.8. The fourth-order valence-electron chi connectivity index (χ4n) is 4.10. The number of likely N-dealkylation sites (tertiary alicyclic amines) is 1. The number of hydrogen-bond donors (Lipinski definition) is 1. The summed E-state index contributed by atoms with van der Waals surface area (Å²) < 4.78 is 11.6. The van der Waals surface area contributed by atoms with E-state index in [4.69, 9.17) is 19.6 Å². The van der Waals surface area contributed by atoms with Crippen LogP contribution in [0.2, 0.25) is 0 Å². The summed E-state index contributed by atoms with van der Waals surface area (Å²) in [6, 6.07) is 13.4. The third-order valence-electron chi connectivity index (χ3n) is 6.07. The Bertz CT molecular complexity index is 1110. The number of fused-ring (bicyclic) bond motifs is 1. The molecule has 0 aliphatic carbocycles. The first-order chi connectivity index (χ1) is 15.0. The van der Waals surface area contributed by atoms with E-state index >= 15 is 0 Å². The lowest BCUT2D eigenvalue weighted by Gasteiger charge is -2.29. The van der Waals surface area contributed by atoms with Gasteiger partial charge in [-0.2, -0.15) is 5.26 Å². The third kappa shape index (κ3) is 4.64. The standard InChI is InChI=1S/C24H25N3O4/c1-16-22(30-15-19-4-2-18(14-25)3-5-19)9-7-20-21(26-31-23(16)20)8-6-17-10-12-27(13-11-17)24(28)29/h2-5,7,9,17H,6,8,10-13,15H2,1H3,(H,28,29). The monoisotopic (exact) mass is 419 g/mol. The lowest BCUT2D eigenvalue weighted by Crippen LogP contribution is -2.37. The second-order valence-corrected chi connectivity index (χ2v) is 8.04. The molecule has 0 saturated carbocycles. The van der Waals surface area contributed by atoms with Crippen molar-refractivity contribution in [2.45, 2.75) is 39.2 Å². The van der Waals surface area contributed by atoms with Gasteiger partial charge in [0.25, 0.3) is 0 Å². The maximum Gasteiger partial charge on any atom is 0.407 e. The average Bonchev–Trinajstić information content (AvgIpc) is 3.21. The van der Waals surface area contributed by atoms with Gasteiger partial charge in [0, 0.05) is 24.0 Å². The molecule has 4 rings (SSSR count). The van der Waals surface area contributed by atoms with Crippen molar-refractivity contribution >= 4 is 17.1 Å². The Kier molecular flexibility index (Phi) is 6.08. The predicted molar refractivity (Wildman–Crippen MR) is 115 cm³/mol. The highest BCUT2D eigenvalue weighted by molar-refractivity contribution is 5.84. The molecular weight excluding hydrogens is 394 g/mol. The van der Waals surface area contributed by atoms with E-state index in [1.54, 1.807) is 12.1 Å². The molecule has 2 heterocycles. The Morgan fingerprint density at radius 1 is 1.26 bits per heavy atom. The van der Waals surface area contributed by atoms with Crippen molar-refractivity contribution < 1.29 is 19.2 Å². The van der Waals surface area contributed by atoms with Gasteiger partial charge in [0.2, 0.25) is 0 Å². The minimum atomic E-state index is -0.825. The van der Waals surface area contributed by atoms with Crippen molar-refractivity contribution in [2.75, 3.05) is 13.1 Å². The van der Waals surface area contributed by atoms with Gasteiger partial charge in [0.15, 0.2) is 5.58 Å². The van der Waals surface area contributed by atoms with E-state index in [9.17, 15) is 4.79 Å². The molecule has 160 valence electrons. The fourth-order valence-corrected chi connectivity index (χ4v) is 4.10. The van der Waals surface area contributed by atoms with Crippen molar-refractivity contribution in [3.05, 3.63) is 58.8 Å². The number of nitriles is 1. The number of hydrogen-bond acceptors (Lipinski definition) is 5. The number of benzene rings is 2. The van der Waals surface area contributed by atoms with E-state index in [1.165, 1.54) is 4.90 Å². The number of amides is 1. The number of nitrogens with zero attached hydrogens (tertiary/aromatic N) is 3. The highest BCUT2D eigenvalue weighted by Gasteiger charge is 2.23. The van der Waals surface area contributed by atoms with Crippen LogP contribution in [0.3, 0.4) is 0 Å². The molecule has 31 heavy (non-hydrogen) atoms. The maximum atomic E-state index is 11.0. The maximum absolute atomic E-state index is 11.0. The normalized spacial score (nSPS) is 14.5.